The lowest BCUT2D eigenvalue weighted by Gasteiger charge is -2.28. The van der Waals surface area contributed by atoms with Crippen LogP contribution in [-0.4, -0.2) is 51.7 Å². The van der Waals surface area contributed by atoms with E-state index in [2.05, 4.69) is 5.32 Å². The Morgan fingerprint density at radius 2 is 2.05 bits per heavy atom. The van der Waals surface area contributed by atoms with Crippen LogP contribution in [0, 0.1) is 0 Å². The van der Waals surface area contributed by atoms with Crippen LogP contribution in [0.1, 0.15) is 46.5 Å². The van der Waals surface area contributed by atoms with Crippen LogP contribution < -0.4 is 5.32 Å². The Hall–Kier alpha value is -0.860. The maximum Gasteiger partial charge on any atom is 0.407 e. The zero-order chi connectivity index (χ0) is 16.8. The lowest BCUT2D eigenvalue weighted by molar-refractivity contribution is 0.0000995. The number of amides is 1. The highest BCUT2D eigenvalue weighted by atomic mass is 32.2. The summed E-state index contributed by atoms with van der Waals surface area (Å²) in [4.78, 5) is 11.9. The van der Waals surface area contributed by atoms with Gasteiger partial charge in [0.25, 0.3) is 10.1 Å². The van der Waals surface area contributed by atoms with Crippen LogP contribution in [0.25, 0.3) is 0 Å². The van der Waals surface area contributed by atoms with Crippen molar-refractivity contribution in [2.75, 3.05) is 19.5 Å². The quantitative estimate of drug-likeness (QED) is 0.743. The van der Waals surface area contributed by atoms with Crippen LogP contribution in [0.2, 0.25) is 0 Å². The molecule has 0 bridgehead atoms. The molecule has 2 atom stereocenters. The number of alkyl carbamates (subject to hydrolysis) is 1. The van der Waals surface area contributed by atoms with E-state index in [1.807, 2.05) is 0 Å². The number of hydrogen-bond donors (Lipinski definition) is 1. The van der Waals surface area contributed by atoms with Crippen LogP contribution in [0.4, 0.5) is 4.79 Å². The molecule has 8 heteroatoms. The number of ether oxygens (including phenoxy) is 2. The molecular weight excluding hydrogens is 310 g/mol. The molecule has 1 unspecified atom stereocenters. The molecule has 1 saturated heterocycles. The molecule has 7 nitrogen and oxygen atoms in total. The lowest BCUT2D eigenvalue weighted by atomic mass is 10.0. The van der Waals surface area contributed by atoms with Gasteiger partial charge >= 0.3 is 6.09 Å². The van der Waals surface area contributed by atoms with Crippen molar-refractivity contribution >= 4 is 16.2 Å². The number of hydrogen-bond acceptors (Lipinski definition) is 6. The SMILES string of the molecule is CC(C)(C)OC(=O)N[C@H](COS(C)(=O)=O)CC1CCCCO1. The first-order valence-corrected chi connectivity index (χ1v) is 9.32. The summed E-state index contributed by atoms with van der Waals surface area (Å²) in [6, 6.07) is -0.479. The van der Waals surface area contributed by atoms with Crippen molar-refractivity contribution in [2.45, 2.75) is 64.2 Å². The molecule has 1 heterocycles. The van der Waals surface area contributed by atoms with Crippen molar-refractivity contribution in [3.05, 3.63) is 0 Å². The summed E-state index contributed by atoms with van der Waals surface area (Å²) in [5.41, 5.74) is -0.617. The maximum atomic E-state index is 11.9. The van der Waals surface area contributed by atoms with Crippen molar-refractivity contribution in [1.82, 2.24) is 5.32 Å². The Morgan fingerprint density at radius 3 is 2.55 bits per heavy atom. The molecule has 1 rings (SSSR count). The van der Waals surface area contributed by atoms with Gasteiger partial charge in [-0.15, -0.1) is 0 Å². The van der Waals surface area contributed by atoms with Crippen LogP contribution >= 0.6 is 0 Å². The third kappa shape index (κ3) is 9.22. The highest BCUT2D eigenvalue weighted by Gasteiger charge is 2.25. The van der Waals surface area contributed by atoms with Gasteiger partial charge in [-0.05, 0) is 46.5 Å². The minimum absolute atomic E-state index is 0.00292. The predicted molar refractivity (Wildman–Crippen MR) is 82.2 cm³/mol. The van der Waals surface area contributed by atoms with E-state index in [1.54, 1.807) is 20.8 Å². The van der Waals surface area contributed by atoms with E-state index in [1.165, 1.54) is 0 Å². The minimum atomic E-state index is -3.56. The Balaban J connectivity index is 2.57. The Kier molecular flexibility index (Phi) is 7.08. The molecule has 0 aliphatic carbocycles. The first kappa shape index (κ1) is 19.2. The van der Waals surface area contributed by atoms with Gasteiger partial charge in [-0.1, -0.05) is 0 Å². The average molecular weight is 337 g/mol. The van der Waals surface area contributed by atoms with Gasteiger partial charge in [0.1, 0.15) is 5.60 Å². The van der Waals surface area contributed by atoms with E-state index >= 15 is 0 Å². The van der Waals surface area contributed by atoms with Crippen LogP contribution in [-0.2, 0) is 23.8 Å². The first-order chi connectivity index (χ1) is 10.1. The summed E-state index contributed by atoms with van der Waals surface area (Å²) in [6.45, 7) is 5.85. The zero-order valence-corrected chi connectivity index (χ0v) is 14.6. The molecule has 0 saturated carbocycles. The van der Waals surface area contributed by atoms with Gasteiger partial charge in [-0.2, -0.15) is 8.42 Å². The van der Waals surface area contributed by atoms with Gasteiger partial charge in [0.2, 0.25) is 0 Å². The third-order valence-electron chi connectivity index (χ3n) is 3.03. The molecule has 0 aromatic carbocycles. The molecule has 1 aliphatic heterocycles. The molecule has 0 aromatic heterocycles. The van der Waals surface area contributed by atoms with Crippen molar-refractivity contribution in [2.24, 2.45) is 0 Å². The summed E-state index contributed by atoms with van der Waals surface area (Å²) < 4.78 is 37.9. The van der Waals surface area contributed by atoms with Gasteiger partial charge in [0.15, 0.2) is 0 Å². The van der Waals surface area contributed by atoms with Gasteiger partial charge in [0.05, 0.1) is 25.0 Å². The molecule has 0 spiro atoms. The molecule has 130 valence electrons. The average Bonchev–Trinajstić information content (AvgIpc) is 2.34. The molecule has 22 heavy (non-hydrogen) atoms. The third-order valence-corrected chi connectivity index (χ3v) is 3.59. The van der Waals surface area contributed by atoms with Crippen LogP contribution in [0.5, 0.6) is 0 Å². The van der Waals surface area contributed by atoms with Gasteiger partial charge < -0.3 is 14.8 Å². The van der Waals surface area contributed by atoms with E-state index in [0.29, 0.717) is 13.0 Å². The topological polar surface area (TPSA) is 90.9 Å². The number of carbonyl (C=O) groups excluding carboxylic acids is 1. The molecular formula is C14H27NO6S. The standard InChI is InChI=1S/C14H27NO6S/c1-14(2,3)21-13(16)15-11(10-20-22(4,17)18)9-12-7-5-6-8-19-12/h11-12H,5-10H2,1-4H3,(H,15,16)/t11-,12?/m0/s1. The van der Waals surface area contributed by atoms with E-state index in [9.17, 15) is 13.2 Å². The second-order valence-electron chi connectivity index (χ2n) is 6.56. The Morgan fingerprint density at radius 1 is 1.36 bits per heavy atom. The van der Waals surface area contributed by atoms with Crippen molar-refractivity contribution in [3.8, 4) is 0 Å². The van der Waals surface area contributed by atoms with Crippen LogP contribution in [0.3, 0.4) is 0 Å². The monoisotopic (exact) mass is 337 g/mol. The summed E-state index contributed by atoms with van der Waals surface area (Å²) >= 11 is 0. The summed E-state index contributed by atoms with van der Waals surface area (Å²) in [6.07, 6.45) is 3.87. The zero-order valence-electron chi connectivity index (χ0n) is 13.8. The number of carbonyl (C=O) groups is 1. The summed E-state index contributed by atoms with van der Waals surface area (Å²) in [7, 11) is -3.56. The van der Waals surface area contributed by atoms with Gasteiger partial charge in [-0.3, -0.25) is 4.18 Å². The smallest absolute Gasteiger partial charge is 0.407 e. The molecule has 1 N–H and O–H groups in total. The highest BCUT2D eigenvalue weighted by Crippen LogP contribution is 2.18. The molecule has 1 aliphatic rings. The van der Waals surface area contributed by atoms with Crippen molar-refractivity contribution in [3.63, 3.8) is 0 Å². The van der Waals surface area contributed by atoms with Crippen molar-refractivity contribution < 1.29 is 26.9 Å². The highest BCUT2D eigenvalue weighted by molar-refractivity contribution is 7.85. The predicted octanol–water partition coefficient (Wildman–Crippen LogP) is 1.82. The largest absolute Gasteiger partial charge is 0.444 e. The van der Waals surface area contributed by atoms with E-state index in [4.69, 9.17) is 13.7 Å². The second-order valence-corrected chi connectivity index (χ2v) is 8.20. The normalized spacial score (nSPS) is 21.2. The first-order valence-electron chi connectivity index (χ1n) is 7.51. The molecule has 0 radical (unpaired) electrons. The van der Waals surface area contributed by atoms with E-state index in [-0.39, 0.29) is 12.7 Å². The maximum absolute atomic E-state index is 11.9. The van der Waals surface area contributed by atoms with Crippen LogP contribution in [0.15, 0.2) is 0 Å². The number of rotatable bonds is 6. The minimum Gasteiger partial charge on any atom is -0.444 e. The number of nitrogens with one attached hydrogen (secondary N) is 1. The fourth-order valence-corrected chi connectivity index (χ4v) is 2.57. The van der Waals surface area contributed by atoms with Crippen molar-refractivity contribution in [1.29, 1.82) is 0 Å². The Bertz CT molecular complexity index is 450. The fourth-order valence-electron chi connectivity index (χ4n) is 2.16. The fraction of sp³-hybridized carbons (Fsp3) is 0.929. The second kappa shape index (κ2) is 8.12. The van der Waals surface area contributed by atoms with Gasteiger partial charge in [-0.25, -0.2) is 4.79 Å². The Labute approximate surface area is 132 Å². The van der Waals surface area contributed by atoms with Gasteiger partial charge in [0, 0.05) is 6.61 Å². The van der Waals surface area contributed by atoms with E-state index < -0.39 is 27.9 Å². The molecule has 1 amide bonds. The lowest BCUT2D eigenvalue weighted by Crippen LogP contribution is -2.44. The van der Waals surface area contributed by atoms with E-state index in [0.717, 1.165) is 25.5 Å². The molecule has 0 aromatic rings. The molecule has 1 fully saturated rings. The summed E-state index contributed by atoms with van der Waals surface area (Å²) in [5.74, 6) is 0. The summed E-state index contributed by atoms with van der Waals surface area (Å²) in [5, 5.41) is 2.66.